The Bertz CT molecular complexity index is 232. The molecule has 0 heterocycles. The van der Waals surface area contributed by atoms with Gasteiger partial charge in [-0.3, -0.25) is 0 Å². The number of carbonyl (C=O) groups is 1. The van der Waals surface area contributed by atoms with Gasteiger partial charge in [-0.25, -0.2) is 4.79 Å². The number of hydrogen-bond donors (Lipinski definition) is 1. The van der Waals surface area contributed by atoms with Crippen LogP contribution in [0.15, 0.2) is 0 Å². The Hall–Kier alpha value is -0.730. The standard InChI is InChI=1S/C13H24N2O/c1-2-15(10-11-8-9-11)13(16)14-12-6-4-3-5-7-12/h11-12H,2-10H2,1H3,(H,14,16). The normalized spacial score (nSPS) is 21.8. The number of hydrogen-bond acceptors (Lipinski definition) is 1. The van der Waals surface area contributed by atoms with Crippen LogP contribution in [-0.4, -0.2) is 30.1 Å². The van der Waals surface area contributed by atoms with Gasteiger partial charge >= 0.3 is 6.03 Å². The number of rotatable bonds is 4. The molecule has 3 nitrogen and oxygen atoms in total. The van der Waals surface area contributed by atoms with Crippen molar-refractivity contribution < 1.29 is 4.79 Å². The number of nitrogens with one attached hydrogen (secondary N) is 1. The van der Waals surface area contributed by atoms with Crippen LogP contribution in [-0.2, 0) is 0 Å². The van der Waals surface area contributed by atoms with Gasteiger partial charge in [-0.2, -0.15) is 0 Å². The molecule has 0 spiro atoms. The fourth-order valence-electron chi connectivity index (χ4n) is 2.48. The molecule has 0 atom stereocenters. The average molecular weight is 224 g/mol. The van der Waals surface area contributed by atoms with Gasteiger partial charge < -0.3 is 10.2 Å². The third-order valence-corrected chi connectivity index (χ3v) is 3.78. The summed E-state index contributed by atoms with van der Waals surface area (Å²) in [7, 11) is 0. The monoisotopic (exact) mass is 224 g/mol. The van der Waals surface area contributed by atoms with E-state index in [2.05, 4.69) is 12.2 Å². The molecule has 0 aliphatic heterocycles. The first-order valence-electron chi connectivity index (χ1n) is 6.85. The van der Waals surface area contributed by atoms with Gasteiger partial charge in [-0.1, -0.05) is 19.3 Å². The summed E-state index contributed by atoms with van der Waals surface area (Å²) in [4.78, 5) is 14.0. The average Bonchev–Trinajstić information content (AvgIpc) is 3.11. The minimum atomic E-state index is 0.168. The van der Waals surface area contributed by atoms with Gasteiger partial charge in [-0.05, 0) is 38.5 Å². The van der Waals surface area contributed by atoms with Gasteiger partial charge in [0, 0.05) is 19.1 Å². The summed E-state index contributed by atoms with van der Waals surface area (Å²) in [6.07, 6.45) is 8.87. The molecular weight excluding hydrogens is 200 g/mol. The van der Waals surface area contributed by atoms with Crippen LogP contribution in [0.2, 0.25) is 0 Å². The Balaban J connectivity index is 1.74. The van der Waals surface area contributed by atoms with Crippen LogP contribution >= 0.6 is 0 Å². The summed E-state index contributed by atoms with van der Waals surface area (Å²) in [5, 5.41) is 3.19. The van der Waals surface area contributed by atoms with Crippen LogP contribution in [0.25, 0.3) is 0 Å². The van der Waals surface area contributed by atoms with E-state index in [4.69, 9.17) is 0 Å². The van der Waals surface area contributed by atoms with E-state index in [-0.39, 0.29) is 6.03 Å². The maximum Gasteiger partial charge on any atom is 0.317 e. The van der Waals surface area contributed by atoms with E-state index < -0.39 is 0 Å². The topological polar surface area (TPSA) is 32.3 Å². The van der Waals surface area contributed by atoms with Crippen LogP contribution in [0.4, 0.5) is 4.79 Å². The highest BCUT2D eigenvalue weighted by atomic mass is 16.2. The van der Waals surface area contributed by atoms with Crippen molar-refractivity contribution in [2.75, 3.05) is 13.1 Å². The van der Waals surface area contributed by atoms with E-state index in [9.17, 15) is 4.79 Å². The second-order valence-electron chi connectivity index (χ2n) is 5.27. The summed E-state index contributed by atoms with van der Waals surface area (Å²) in [5.74, 6) is 0.789. The van der Waals surface area contributed by atoms with E-state index >= 15 is 0 Å². The Kier molecular flexibility index (Phi) is 4.08. The van der Waals surface area contributed by atoms with Crippen LogP contribution < -0.4 is 5.32 Å². The summed E-state index contributed by atoms with van der Waals surface area (Å²) in [6, 6.07) is 0.607. The number of amides is 2. The van der Waals surface area contributed by atoms with Gasteiger partial charge in [-0.15, -0.1) is 0 Å². The molecule has 0 unspecified atom stereocenters. The Morgan fingerprint density at radius 2 is 1.88 bits per heavy atom. The van der Waals surface area contributed by atoms with E-state index in [1.807, 2.05) is 4.90 Å². The van der Waals surface area contributed by atoms with E-state index in [0.29, 0.717) is 6.04 Å². The number of carbonyl (C=O) groups excluding carboxylic acids is 1. The van der Waals surface area contributed by atoms with Gasteiger partial charge in [0.05, 0.1) is 0 Å². The molecule has 92 valence electrons. The minimum Gasteiger partial charge on any atom is -0.335 e. The van der Waals surface area contributed by atoms with E-state index in [1.54, 1.807) is 0 Å². The lowest BCUT2D eigenvalue weighted by Crippen LogP contribution is -2.46. The third kappa shape index (κ3) is 3.39. The predicted molar refractivity (Wildman–Crippen MR) is 65.4 cm³/mol. The molecule has 0 saturated heterocycles. The first-order chi connectivity index (χ1) is 7.79. The maximum absolute atomic E-state index is 12.0. The molecule has 0 aromatic carbocycles. The van der Waals surface area contributed by atoms with Crippen LogP contribution in [0, 0.1) is 5.92 Å². The minimum absolute atomic E-state index is 0.168. The molecule has 2 aliphatic rings. The SMILES string of the molecule is CCN(CC1CC1)C(=O)NC1CCCCC1. The molecule has 2 fully saturated rings. The summed E-state index contributed by atoms with van der Waals surface area (Å²) >= 11 is 0. The van der Waals surface area contributed by atoms with Crippen molar-refractivity contribution >= 4 is 6.03 Å². The Morgan fingerprint density at radius 3 is 2.44 bits per heavy atom. The lowest BCUT2D eigenvalue weighted by molar-refractivity contribution is 0.190. The molecule has 3 heteroatoms. The molecule has 2 aliphatic carbocycles. The quantitative estimate of drug-likeness (QED) is 0.782. The maximum atomic E-state index is 12.0. The Labute approximate surface area is 98.6 Å². The molecule has 0 aromatic heterocycles. The van der Waals surface area contributed by atoms with E-state index in [0.717, 1.165) is 19.0 Å². The van der Waals surface area contributed by atoms with Crippen molar-refractivity contribution in [3.05, 3.63) is 0 Å². The largest absolute Gasteiger partial charge is 0.335 e. The molecule has 0 aromatic rings. The van der Waals surface area contributed by atoms with Gasteiger partial charge in [0.25, 0.3) is 0 Å². The van der Waals surface area contributed by atoms with Crippen molar-refractivity contribution in [2.24, 2.45) is 5.92 Å². The first kappa shape index (κ1) is 11.7. The fourth-order valence-corrected chi connectivity index (χ4v) is 2.48. The van der Waals surface area contributed by atoms with Gasteiger partial charge in [0.1, 0.15) is 0 Å². The van der Waals surface area contributed by atoms with Crippen molar-refractivity contribution in [1.82, 2.24) is 10.2 Å². The second kappa shape index (κ2) is 5.55. The van der Waals surface area contributed by atoms with E-state index in [1.165, 1.54) is 44.9 Å². The molecule has 0 bridgehead atoms. The highest BCUT2D eigenvalue weighted by Gasteiger charge is 2.27. The lowest BCUT2D eigenvalue weighted by atomic mass is 9.96. The summed E-state index contributed by atoms with van der Waals surface area (Å²) < 4.78 is 0. The summed E-state index contributed by atoms with van der Waals surface area (Å²) in [6.45, 7) is 3.88. The van der Waals surface area contributed by atoms with Crippen molar-refractivity contribution in [2.45, 2.75) is 57.9 Å². The van der Waals surface area contributed by atoms with Crippen LogP contribution in [0.3, 0.4) is 0 Å². The van der Waals surface area contributed by atoms with Gasteiger partial charge in [0.2, 0.25) is 0 Å². The fraction of sp³-hybridized carbons (Fsp3) is 0.923. The lowest BCUT2D eigenvalue weighted by Gasteiger charge is -2.27. The van der Waals surface area contributed by atoms with Crippen molar-refractivity contribution in [1.29, 1.82) is 0 Å². The third-order valence-electron chi connectivity index (χ3n) is 3.78. The highest BCUT2D eigenvalue weighted by Crippen LogP contribution is 2.29. The zero-order valence-corrected chi connectivity index (χ0v) is 10.4. The van der Waals surface area contributed by atoms with Crippen LogP contribution in [0.5, 0.6) is 0 Å². The molecule has 2 saturated carbocycles. The smallest absolute Gasteiger partial charge is 0.317 e. The predicted octanol–water partition coefficient (Wildman–Crippen LogP) is 2.76. The highest BCUT2D eigenvalue weighted by molar-refractivity contribution is 5.74. The molecule has 16 heavy (non-hydrogen) atoms. The molecule has 2 rings (SSSR count). The second-order valence-corrected chi connectivity index (χ2v) is 5.27. The van der Waals surface area contributed by atoms with Crippen molar-refractivity contribution in [3.8, 4) is 0 Å². The number of nitrogens with zero attached hydrogens (tertiary/aromatic N) is 1. The van der Waals surface area contributed by atoms with Gasteiger partial charge in [0.15, 0.2) is 0 Å². The first-order valence-corrected chi connectivity index (χ1v) is 6.85. The molecule has 2 amide bonds. The summed E-state index contributed by atoms with van der Waals surface area (Å²) in [5.41, 5.74) is 0. The zero-order valence-electron chi connectivity index (χ0n) is 10.4. The number of urea groups is 1. The van der Waals surface area contributed by atoms with Crippen LogP contribution in [0.1, 0.15) is 51.9 Å². The molecule has 1 N–H and O–H groups in total. The zero-order chi connectivity index (χ0) is 11.4. The molecule has 0 radical (unpaired) electrons. The Morgan fingerprint density at radius 1 is 1.19 bits per heavy atom. The van der Waals surface area contributed by atoms with Crippen molar-refractivity contribution in [3.63, 3.8) is 0 Å². The molecular formula is C13H24N2O.